The summed E-state index contributed by atoms with van der Waals surface area (Å²) in [7, 11) is 0. The molecule has 110 valence electrons. The average molecular weight is 318 g/mol. The van der Waals surface area contributed by atoms with Crippen molar-refractivity contribution in [1.82, 2.24) is 5.32 Å². The molecule has 0 bridgehead atoms. The van der Waals surface area contributed by atoms with Crippen LogP contribution in [0.4, 0.5) is 0 Å². The lowest BCUT2D eigenvalue weighted by atomic mass is 10.2. The van der Waals surface area contributed by atoms with Crippen molar-refractivity contribution >= 4 is 35.2 Å². The molecule has 5 nitrogen and oxygen atoms in total. The van der Waals surface area contributed by atoms with Crippen LogP contribution in [0.2, 0.25) is 5.02 Å². The van der Waals surface area contributed by atoms with E-state index in [-0.39, 0.29) is 18.9 Å². The number of aliphatic hydroxyl groups excluding tert-OH is 1. The number of hydrogen-bond donors (Lipinski definition) is 3. The number of hydrogen-bond acceptors (Lipinski definition) is 4. The normalized spacial score (nSPS) is 11.9. The average Bonchev–Trinajstić information content (AvgIpc) is 2.40. The summed E-state index contributed by atoms with van der Waals surface area (Å²) in [6, 6.07) is 7.34. The van der Waals surface area contributed by atoms with Crippen molar-refractivity contribution in [3.63, 3.8) is 0 Å². The Morgan fingerprint density at radius 2 is 1.95 bits per heavy atom. The summed E-state index contributed by atoms with van der Waals surface area (Å²) in [6.45, 7) is 0.151. The first-order valence-corrected chi connectivity index (χ1v) is 7.41. The molecule has 1 rings (SSSR count). The fourth-order valence-corrected chi connectivity index (χ4v) is 2.33. The van der Waals surface area contributed by atoms with Crippen molar-refractivity contribution in [2.45, 2.75) is 23.8 Å². The molecule has 0 saturated carbocycles. The fraction of sp³-hybridized carbons (Fsp3) is 0.385. The molecule has 1 aromatic carbocycles. The second-order valence-electron chi connectivity index (χ2n) is 4.05. The zero-order valence-corrected chi connectivity index (χ0v) is 12.3. The molecule has 0 aliphatic heterocycles. The number of nitrogens with one attached hydrogen (secondary N) is 1. The lowest BCUT2D eigenvalue weighted by molar-refractivity contribution is -0.147. The first-order valence-electron chi connectivity index (χ1n) is 6.05. The second kappa shape index (κ2) is 8.84. The van der Waals surface area contributed by atoms with Gasteiger partial charge in [-0.3, -0.25) is 4.79 Å². The molecule has 1 atom stereocenters. The van der Waals surface area contributed by atoms with Crippen molar-refractivity contribution in [1.29, 1.82) is 0 Å². The lowest BCUT2D eigenvalue weighted by Gasteiger charge is -2.07. The number of carboxylic acids is 1. The van der Waals surface area contributed by atoms with Gasteiger partial charge in [-0.1, -0.05) is 11.6 Å². The summed E-state index contributed by atoms with van der Waals surface area (Å²) < 4.78 is 0. The smallest absolute Gasteiger partial charge is 0.332 e. The quantitative estimate of drug-likeness (QED) is 0.636. The SMILES string of the molecule is O=C(CCSc1ccc(Cl)cc1)NCCC(O)C(=O)O. The fourth-order valence-electron chi connectivity index (χ4n) is 1.35. The van der Waals surface area contributed by atoms with Crippen molar-refractivity contribution < 1.29 is 19.8 Å². The summed E-state index contributed by atoms with van der Waals surface area (Å²) >= 11 is 7.30. The molecule has 0 spiro atoms. The van der Waals surface area contributed by atoms with E-state index in [4.69, 9.17) is 21.8 Å². The molecule has 3 N–H and O–H groups in total. The number of aliphatic carboxylic acids is 1. The van der Waals surface area contributed by atoms with Gasteiger partial charge in [0, 0.05) is 35.1 Å². The number of benzene rings is 1. The van der Waals surface area contributed by atoms with Gasteiger partial charge in [-0.25, -0.2) is 4.79 Å². The first-order chi connectivity index (χ1) is 9.49. The predicted octanol–water partition coefficient (Wildman–Crippen LogP) is 1.77. The third kappa shape index (κ3) is 6.79. The van der Waals surface area contributed by atoms with Gasteiger partial charge in [-0.05, 0) is 24.3 Å². The Balaban J connectivity index is 2.14. The molecule has 20 heavy (non-hydrogen) atoms. The standard InChI is InChI=1S/C13H16ClNO4S/c14-9-1-3-10(4-2-9)20-8-6-12(17)15-7-5-11(16)13(18)19/h1-4,11,16H,5-8H2,(H,15,17)(H,18,19). The molecule has 0 radical (unpaired) electrons. The Bertz CT molecular complexity index is 452. The highest BCUT2D eigenvalue weighted by molar-refractivity contribution is 7.99. The van der Waals surface area contributed by atoms with Gasteiger partial charge in [0.05, 0.1) is 0 Å². The Kier molecular flexibility index (Phi) is 7.43. The third-order valence-corrected chi connectivity index (χ3v) is 3.70. The van der Waals surface area contributed by atoms with Crippen LogP contribution in [0.15, 0.2) is 29.2 Å². The van der Waals surface area contributed by atoms with Gasteiger partial charge in [0.25, 0.3) is 0 Å². The Hall–Kier alpha value is -1.24. The summed E-state index contributed by atoms with van der Waals surface area (Å²) in [6.07, 6.45) is -1.10. The molecule has 0 fully saturated rings. The van der Waals surface area contributed by atoms with E-state index >= 15 is 0 Å². The number of carbonyl (C=O) groups is 2. The molecule has 1 aromatic rings. The van der Waals surface area contributed by atoms with Crippen LogP contribution in [0, 0.1) is 0 Å². The summed E-state index contributed by atoms with van der Waals surface area (Å²) in [5, 5.41) is 20.7. The van der Waals surface area contributed by atoms with Crippen LogP contribution in [0.1, 0.15) is 12.8 Å². The van der Waals surface area contributed by atoms with E-state index in [9.17, 15) is 9.59 Å². The number of carboxylic acid groups (broad SMARTS) is 1. The number of halogens is 1. The lowest BCUT2D eigenvalue weighted by Crippen LogP contribution is -2.30. The molecule has 1 amide bonds. The van der Waals surface area contributed by atoms with E-state index in [0.29, 0.717) is 17.2 Å². The molecular weight excluding hydrogens is 302 g/mol. The maximum atomic E-state index is 11.5. The molecule has 0 aliphatic carbocycles. The highest BCUT2D eigenvalue weighted by atomic mass is 35.5. The molecule has 0 aromatic heterocycles. The highest BCUT2D eigenvalue weighted by Gasteiger charge is 2.12. The van der Waals surface area contributed by atoms with E-state index < -0.39 is 12.1 Å². The van der Waals surface area contributed by atoms with Crippen LogP contribution < -0.4 is 5.32 Å². The molecule has 0 heterocycles. The Morgan fingerprint density at radius 3 is 2.55 bits per heavy atom. The zero-order chi connectivity index (χ0) is 15.0. The van der Waals surface area contributed by atoms with Gasteiger partial charge >= 0.3 is 5.97 Å². The summed E-state index contributed by atoms with van der Waals surface area (Å²) in [4.78, 5) is 22.8. The molecular formula is C13H16ClNO4S. The Morgan fingerprint density at radius 1 is 1.30 bits per heavy atom. The van der Waals surface area contributed by atoms with E-state index in [2.05, 4.69) is 5.32 Å². The summed E-state index contributed by atoms with van der Waals surface area (Å²) in [5.41, 5.74) is 0. The minimum Gasteiger partial charge on any atom is -0.479 e. The van der Waals surface area contributed by atoms with Crippen LogP contribution in [-0.4, -0.2) is 40.5 Å². The van der Waals surface area contributed by atoms with Gasteiger partial charge < -0.3 is 15.5 Å². The molecule has 0 aliphatic rings. The first kappa shape index (κ1) is 16.8. The minimum atomic E-state index is -1.43. The largest absolute Gasteiger partial charge is 0.479 e. The monoisotopic (exact) mass is 317 g/mol. The van der Waals surface area contributed by atoms with E-state index in [1.165, 1.54) is 11.8 Å². The third-order valence-electron chi connectivity index (χ3n) is 2.44. The van der Waals surface area contributed by atoms with Crippen LogP contribution >= 0.6 is 23.4 Å². The topological polar surface area (TPSA) is 86.6 Å². The number of amides is 1. The van der Waals surface area contributed by atoms with Crippen molar-refractivity contribution in [2.75, 3.05) is 12.3 Å². The van der Waals surface area contributed by atoms with Crippen LogP contribution in [0.25, 0.3) is 0 Å². The van der Waals surface area contributed by atoms with Crippen molar-refractivity contribution in [3.8, 4) is 0 Å². The number of carbonyl (C=O) groups excluding carboxylic acids is 1. The maximum Gasteiger partial charge on any atom is 0.332 e. The zero-order valence-electron chi connectivity index (χ0n) is 10.7. The number of aliphatic hydroxyl groups is 1. The van der Waals surface area contributed by atoms with Crippen LogP contribution in [-0.2, 0) is 9.59 Å². The van der Waals surface area contributed by atoms with Gasteiger partial charge in [0.2, 0.25) is 5.91 Å². The number of rotatable bonds is 8. The van der Waals surface area contributed by atoms with Crippen LogP contribution in [0.5, 0.6) is 0 Å². The highest BCUT2D eigenvalue weighted by Crippen LogP contribution is 2.20. The van der Waals surface area contributed by atoms with E-state index in [0.717, 1.165) is 4.90 Å². The predicted molar refractivity (Wildman–Crippen MR) is 78.1 cm³/mol. The van der Waals surface area contributed by atoms with Gasteiger partial charge in [0.1, 0.15) is 0 Å². The molecule has 0 saturated heterocycles. The molecule has 7 heteroatoms. The number of thioether (sulfide) groups is 1. The van der Waals surface area contributed by atoms with E-state index in [1.54, 1.807) is 12.1 Å². The Labute approximate surface area is 126 Å². The van der Waals surface area contributed by atoms with Crippen molar-refractivity contribution in [2.24, 2.45) is 0 Å². The van der Waals surface area contributed by atoms with E-state index in [1.807, 2.05) is 12.1 Å². The van der Waals surface area contributed by atoms with Gasteiger partial charge in [0.15, 0.2) is 6.10 Å². The van der Waals surface area contributed by atoms with Gasteiger partial charge in [-0.15, -0.1) is 11.8 Å². The summed E-state index contributed by atoms with van der Waals surface area (Å²) in [5.74, 6) is -0.823. The minimum absolute atomic E-state index is 0.00536. The van der Waals surface area contributed by atoms with Gasteiger partial charge in [-0.2, -0.15) is 0 Å². The van der Waals surface area contributed by atoms with Crippen molar-refractivity contribution in [3.05, 3.63) is 29.3 Å². The van der Waals surface area contributed by atoms with Crippen LogP contribution in [0.3, 0.4) is 0 Å². The molecule has 1 unspecified atom stereocenters. The second-order valence-corrected chi connectivity index (χ2v) is 5.65. The maximum absolute atomic E-state index is 11.5.